The van der Waals surface area contributed by atoms with Crippen molar-refractivity contribution >= 4 is 23.6 Å². The number of hydrogen-bond acceptors (Lipinski definition) is 3. The monoisotopic (exact) mass is 280 g/mol. The molecule has 2 aromatic rings. The number of nitrogens with one attached hydrogen (secondary N) is 1. The van der Waals surface area contributed by atoms with E-state index in [4.69, 9.17) is 5.73 Å². The van der Waals surface area contributed by atoms with Crippen LogP contribution in [0.3, 0.4) is 0 Å². The second-order valence-electron chi connectivity index (χ2n) is 4.60. The van der Waals surface area contributed by atoms with E-state index < -0.39 is 0 Å². The first-order valence-corrected chi connectivity index (χ1v) is 6.53. The molecule has 0 aromatic heterocycles. The van der Waals surface area contributed by atoms with Gasteiger partial charge in [0.2, 0.25) is 5.91 Å². The van der Waals surface area contributed by atoms with Gasteiger partial charge in [0.15, 0.2) is 0 Å². The van der Waals surface area contributed by atoms with Gasteiger partial charge in [-0.05, 0) is 47.9 Å². The molecule has 0 spiro atoms. The third-order valence-electron chi connectivity index (χ3n) is 2.94. The zero-order valence-corrected chi connectivity index (χ0v) is 11.5. The van der Waals surface area contributed by atoms with Gasteiger partial charge in [-0.2, -0.15) is 0 Å². The van der Waals surface area contributed by atoms with E-state index in [0.29, 0.717) is 12.0 Å². The summed E-state index contributed by atoms with van der Waals surface area (Å²) in [5, 5.41) is 2.67. The lowest BCUT2D eigenvalue weighted by atomic mass is 10.0. The topological polar surface area (TPSA) is 72.2 Å². The number of rotatable bonds is 5. The standard InChI is InChI=1S/C17H16N2O2/c18-15-7-3-13(4-8-15)12-14-5-9-16(10-6-14)19-17(21)2-1-11-20/h1-11H,12,18H2,(H,19,21)/b2-1-. The van der Waals surface area contributed by atoms with Crippen LogP contribution in [0.5, 0.6) is 0 Å². The minimum atomic E-state index is -0.326. The number of carbonyl (C=O) groups is 2. The number of amides is 1. The zero-order valence-electron chi connectivity index (χ0n) is 11.5. The molecule has 0 aliphatic rings. The molecular weight excluding hydrogens is 264 g/mol. The Morgan fingerprint density at radius 3 is 2.14 bits per heavy atom. The number of hydrogen-bond donors (Lipinski definition) is 2. The lowest BCUT2D eigenvalue weighted by Crippen LogP contribution is -2.07. The molecule has 1 amide bonds. The van der Waals surface area contributed by atoms with E-state index in [0.717, 1.165) is 23.7 Å². The van der Waals surface area contributed by atoms with E-state index in [-0.39, 0.29) is 5.91 Å². The van der Waals surface area contributed by atoms with Gasteiger partial charge in [0, 0.05) is 17.5 Å². The zero-order chi connectivity index (χ0) is 15.1. The van der Waals surface area contributed by atoms with Gasteiger partial charge >= 0.3 is 0 Å². The van der Waals surface area contributed by atoms with Gasteiger partial charge in [-0.3, -0.25) is 9.59 Å². The number of benzene rings is 2. The molecule has 21 heavy (non-hydrogen) atoms. The molecule has 106 valence electrons. The molecule has 0 unspecified atom stereocenters. The highest BCUT2D eigenvalue weighted by atomic mass is 16.1. The fraction of sp³-hybridized carbons (Fsp3) is 0.0588. The second-order valence-corrected chi connectivity index (χ2v) is 4.60. The molecule has 0 aliphatic heterocycles. The van der Waals surface area contributed by atoms with Crippen molar-refractivity contribution in [3.63, 3.8) is 0 Å². The molecule has 0 atom stereocenters. The minimum Gasteiger partial charge on any atom is -0.399 e. The highest BCUT2D eigenvalue weighted by Gasteiger charge is 2.00. The highest BCUT2D eigenvalue weighted by Crippen LogP contribution is 2.14. The van der Waals surface area contributed by atoms with Gasteiger partial charge in [0.1, 0.15) is 6.29 Å². The molecule has 0 heterocycles. The van der Waals surface area contributed by atoms with Crippen LogP contribution in [0.15, 0.2) is 60.7 Å². The van der Waals surface area contributed by atoms with Gasteiger partial charge in [-0.1, -0.05) is 24.3 Å². The van der Waals surface area contributed by atoms with Crippen molar-refractivity contribution in [3.05, 3.63) is 71.8 Å². The molecule has 0 saturated carbocycles. The maximum Gasteiger partial charge on any atom is 0.248 e. The van der Waals surface area contributed by atoms with E-state index in [1.165, 1.54) is 11.6 Å². The maximum atomic E-state index is 11.4. The lowest BCUT2D eigenvalue weighted by molar-refractivity contribution is -0.112. The van der Waals surface area contributed by atoms with Crippen molar-refractivity contribution < 1.29 is 9.59 Å². The van der Waals surface area contributed by atoms with Crippen LogP contribution in [-0.4, -0.2) is 12.2 Å². The number of carbonyl (C=O) groups excluding carboxylic acids is 2. The minimum absolute atomic E-state index is 0.326. The van der Waals surface area contributed by atoms with Crippen molar-refractivity contribution in [2.75, 3.05) is 11.1 Å². The summed E-state index contributed by atoms with van der Waals surface area (Å²) >= 11 is 0. The Labute approximate surface area is 123 Å². The fourth-order valence-corrected chi connectivity index (χ4v) is 1.89. The average molecular weight is 280 g/mol. The Morgan fingerprint density at radius 1 is 1.00 bits per heavy atom. The first-order chi connectivity index (χ1) is 10.2. The maximum absolute atomic E-state index is 11.4. The quantitative estimate of drug-likeness (QED) is 0.502. The fourth-order valence-electron chi connectivity index (χ4n) is 1.89. The summed E-state index contributed by atoms with van der Waals surface area (Å²) in [6.07, 6.45) is 3.72. The van der Waals surface area contributed by atoms with Gasteiger partial charge in [-0.15, -0.1) is 0 Å². The Hall–Kier alpha value is -2.88. The number of allylic oxidation sites excluding steroid dienone is 1. The van der Waals surface area contributed by atoms with E-state index in [1.54, 1.807) is 0 Å². The number of anilines is 2. The Kier molecular flexibility index (Phi) is 4.88. The molecule has 0 radical (unpaired) electrons. The van der Waals surface area contributed by atoms with E-state index in [2.05, 4.69) is 5.32 Å². The predicted octanol–water partition coefficient (Wildman–Crippen LogP) is 2.55. The summed E-state index contributed by atoms with van der Waals surface area (Å²) in [4.78, 5) is 21.5. The van der Waals surface area contributed by atoms with Crippen LogP contribution in [0, 0.1) is 0 Å². The first kappa shape index (κ1) is 14.5. The Balaban J connectivity index is 1.98. The van der Waals surface area contributed by atoms with Crippen LogP contribution in [0.1, 0.15) is 11.1 Å². The smallest absolute Gasteiger partial charge is 0.248 e. The largest absolute Gasteiger partial charge is 0.399 e. The van der Waals surface area contributed by atoms with Gasteiger partial charge < -0.3 is 11.1 Å². The van der Waals surface area contributed by atoms with Crippen LogP contribution in [0.2, 0.25) is 0 Å². The summed E-state index contributed by atoms with van der Waals surface area (Å²) in [7, 11) is 0. The summed E-state index contributed by atoms with van der Waals surface area (Å²) in [6.45, 7) is 0. The van der Waals surface area contributed by atoms with E-state index in [9.17, 15) is 9.59 Å². The van der Waals surface area contributed by atoms with Crippen molar-refractivity contribution in [1.82, 2.24) is 0 Å². The number of aldehydes is 1. The summed E-state index contributed by atoms with van der Waals surface area (Å²) in [5.41, 5.74) is 9.41. The lowest BCUT2D eigenvalue weighted by Gasteiger charge is -2.05. The van der Waals surface area contributed by atoms with Gasteiger partial charge in [0.05, 0.1) is 0 Å². The molecular formula is C17H16N2O2. The summed E-state index contributed by atoms with van der Waals surface area (Å²) in [6, 6.07) is 15.3. The van der Waals surface area contributed by atoms with Crippen molar-refractivity contribution in [2.45, 2.75) is 6.42 Å². The molecule has 0 bridgehead atoms. The molecule has 0 aliphatic carbocycles. The van der Waals surface area contributed by atoms with Crippen molar-refractivity contribution in [3.8, 4) is 0 Å². The number of nitrogens with two attached hydrogens (primary N) is 1. The van der Waals surface area contributed by atoms with E-state index >= 15 is 0 Å². The van der Waals surface area contributed by atoms with Crippen LogP contribution in [-0.2, 0) is 16.0 Å². The predicted molar refractivity (Wildman–Crippen MR) is 83.9 cm³/mol. The van der Waals surface area contributed by atoms with Gasteiger partial charge in [-0.25, -0.2) is 0 Å². The number of nitrogen functional groups attached to an aromatic ring is 1. The van der Waals surface area contributed by atoms with Crippen LogP contribution < -0.4 is 11.1 Å². The van der Waals surface area contributed by atoms with Crippen molar-refractivity contribution in [2.24, 2.45) is 0 Å². The van der Waals surface area contributed by atoms with Crippen LogP contribution in [0.4, 0.5) is 11.4 Å². The third-order valence-corrected chi connectivity index (χ3v) is 2.94. The summed E-state index contributed by atoms with van der Waals surface area (Å²) in [5.74, 6) is -0.326. The third kappa shape index (κ3) is 4.62. The van der Waals surface area contributed by atoms with Crippen LogP contribution >= 0.6 is 0 Å². The first-order valence-electron chi connectivity index (χ1n) is 6.53. The molecule has 0 fully saturated rings. The van der Waals surface area contributed by atoms with Crippen molar-refractivity contribution in [1.29, 1.82) is 0 Å². The molecule has 4 nitrogen and oxygen atoms in total. The highest BCUT2D eigenvalue weighted by molar-refractivity contribution is 6.01. The normalized spacial score (nSPS) is 10.5. The second kappa shape index (κ2) is 7.05. The SMILES string of the molecule is Nc1ccc(Cc2ccc(NC(=O)/C=C\C=O)cc2)cc1. The molecule has 3 N–H and O–H groups in total. The van der Waals surface area contributed by atoms with Crippen LogP contribution in [0.25, 0.3) is 0 Å². The molecule has 2 aromatic carbocycles. The molecule has 2 rings (SSSR count). The molecule has 4 heteroatoms. The Morgan fingerprint density at radius 2 is 1.57 bits per heavy atom. The molecule has 0 saturated heterocycles. The van der Waals surface area contributed by atoms with E-state index in [1.807, 2.05) is 48.5 Å². The Bertz CT molecular complexity index is 643. The average Bonchev–Trinajstić information content (AvgIpc) is 2.49. The summed E-state index contributed by atoms with van der Waals surface area (Å²) < 4.78 is 0. The van der Waals surface area contributed by atoms with Gasteiger partial charge in [0.25, 0.3) is 0 Å².